The lowest BCUT2D eigenvalue weighted by Crippen LogP contribution is -2.41. The molecule has 0 bridgehead atoms. The van der Waals surface area contributed by atoms with Crippen molar-refractivity contribution in [2.24, 2.45) is 4.99 Å². The number of nitrogens with one attached hydrogen (secondary N) is 2. The minimum atomic E-state index is 0. The first-order valence-electron chi connectivity index (χ1n) is 7.69. The molecular weight excluding hydrogens is 448 g/mol. The van der Waals surface area contributed by atoms with Gasteiger partial charge in [0.25, 0.3) is 0 Å². The molecule has 23 heavy (non-hydrogen) atoms. The number of hydrogen-bond donors (Lipinski definition) is 2. The number of halogens is 3. The number of hydrogen-bond acceptors (Lipinski definition) is 2. The highest BCUT2D eigenvalue weighted by atomic mass is 127. The van der Waals surface area contributed by atoms with E-state index in [0.29, 0.717) is 11.1 Å². The molecule has 1 atom stereocenters. The molecule has 1 fully saturated rings. The molecule has 7 heteroatoms. The van der Waals surface area contributed by atoms with Gasteiger partial charge >= 0.3 is 0 Å². The van der Waals surface area contributed by atoms with Crippen LogP contribution in [0.3, 0.4) is 0 Å². The fourth-order valence-corrected chi connectivity index (χ4v) is 2.95. The molecule has 0 radical (unpaired) electrons. The van der Waals surface area contributed by atoms with E-state index in [1.807, 2.05) is 12.1 Å². The Morgan fingerprint density at radius 1 is 1.35 bits per heavy atom. The van der Waals surface area contributed by atoms with E-state index in [1.165, 1.54) is 0 Å². The molecule has 4 nitrogen and oxygen atoms in total. The maximum absolute atomic E-state index is 6.17. The van der Waals surface area contributed by atoms with Gasteiger partial charge in [-0.3, -0.25) is 4.99 Å². The largest absolute Gasteiger partial charge is 0.376 e. The Morgan fingerprint density at radius 2 is 2.17 bits per heavy atom. The standard InChI is InChI=1S/C16H23Cl2N3O.HI/c1-19-16(21-11-14-5-3-9-22-14)20-8-2-4-12-6-7-13(17)10-15(12)18;/h6-7,10,14H,2-5,8-9,11H2,1H3,(H2,19,20,21);1H. The van der Waals surface area contributed by atoms with Crippen molar-refractivity contribution in [3.05, 3.63) is 33.8 Å². The number of ether oxygens (including phenoxy) is 1. The zero-order chi connectivity index (χ0) is 15.8. The number of aryl methyl sites for hydroxylation is 1. The maximum atomic E-state index is 6.17. The van der Waals surface area contributed by atoms with E-state index in [0.717, 1.165) is 61.9 Å². The topological polar surface area (TPSA) is 45.7 Å². The van der Waals surface area contributed by atoms with Crippen LogP contribution >= 0.6 is 47.2 Å². The Kier molecular flexibility index (Phi) is 10.3. The van der Waals surface area contributed by atoms with Crippen molar-refractivity contribution >= 4 is 53.1 Å². The van der Waals surface area contributed by atoms with Gasteiger partial charge in [0.15, 0.2) is 5.96 Å². The Morgan fingerprint density at radius 3 is 2.83 bits per heavy atom. The van der Waals surface area contributed by atoms with Gasteiger partial charge in [-0.25, -0.2) is 0 Å². The minimum Gasteiger partial charge on any atom is -0.376 e. The van der Waals surface area contributed by atoms with E-state index in [2.05, 4.69) is 15.6 Å². The van der Waals surface area contributed by atoms with Crippen LogP contribution in [-0.4, -0.2) is 38.8 Å². The van der Waals surface area contributed by atoms with Gasteiger partial charge in [0.2, 0.25) is 0 Å². The van der Waals surface area contributed by atoms with Crippen LogP contribution in [0.5, 0.6) is 0 Å². The summed E-state index contributed by atoms with van der Waals surface area (Å²) in [6.45, 7) is 2.52. The van der Waals surface area contributed by atoms with Gasteiger partial charge in [-0.1, -0.05) is 29.3 Å². The molecule has 2 rings (SSSR count). The molecule has 1 aromatic rings. The van der Waals surface area contributed by atoms with Crippen molar-refractivity contribution in [1.82, 2.24) is 10.6 Å². The lowest BCUT2D eigenvalue weighted by atomic mass is 10.1. The van der Waals surface area contributed by atoms with Crippen molar-refractivity contribution in [2.75, 3.05) is 26.7 Å². The summed E-state index contributed by atoms with van der Waals surface area (Å²) in [5.41, 5.74) is 1.12. The summed E-state index contributed by atoms with van der Waals surface area (Å²) in [7, 11) is 1.78. The predicted molar refractivity (Wildman–Crippen MR) is 109 cm³/mol. The van der Waals surface area contributed by atoms with E-state index < -0.39 is 0 Å². The second-order valence-corrected chi connectivity index (χ2v) is 6.20. The average Bonchev–Trinajstić information content (AvgIpc) is 3.01. The second-order valence-electron chi connectivity index (χ2n) is 5.35. The van der Waals surface area contributed by atoms with Crippen molar-refractivity contribution < 1.29 is 4.74 Å². The van der Waals surface area contributed by atoms with Gasteiger partial charge in [0, 0.05) is 36.8 Å². The summed E-state index contributed by atoms with van der Waals surface area (Å²) in [5.74, 6) is 0.817. The first kappa shape index (κ1) is 20.8. The van der Waals surface area contributed by atoms with Crippen molar-refractivity contribution in [1.29, 1.82) is 0 Å². The molecule has 1 unspecified atom stereocenters. The third-order valence-corrected chi connectivity index (χ3v) is 4.26. The SMILES string of the molecule is CN=C(NCCCc1ccc(Cl)cc1Cl)NCC1CCCO1.I. The lowest BCUT2D eigenvalue weighted by Gasteiger charge is -2.15. The lowest BCUT2D eigenvalue weighted by molar-refractivity contribution is 0.114. The van der Waals surface area contributed by atoms with Gasteiger partial charge in [0.05, 0.1) is 6.10 Å². The molecule has 0 amide bonds. The number of nitrogens with zero attached hydrogens (tertiary/aromatic N) is 1. The Balaban J connectivity index is 0.00000264. The molecule has 0 aromatic heterocycles. The van der Waals surface area contributed by atoms with E-state index in [9.17, 15) is 0 Å². The van der Waals surface area contributed by atoms with Crippen LogP contribution < -0.4 is 10.6 Å². The van der Waals surface area contributed by atoms with Crippen LogP contribution in [0.1, 0.15) is 24.8 Å². The third kappa shape index (κ3) is 7.45. The Hall–Kier alpha value is -0.240. The van der Waals surface area contributed by atoms with Crippen molar-refractivity contribution in [3.63, 3.8) is 0 Å². The smallest absolute Gasteiger partial charge is 0.191 e. The van der Waals surface area contributed by atoms with Gasteiger partial charge in [-0.05, 0) is 43.4 Å². The van der Waals surface area contributed by atoms with E-state index in [1.54, 1.807) is 13.1 Å². The summed E-state index contributed by atoms with van der Waals surface area (Å²) in [6, 6.07) is 5.64. The third-order valence-electron chi connectivity index (χ3n) is 3.68. The fourth-order valence-electron chi connectivity index (χ4n) is 2.45. The quantitative estimate of drug-likeness (QED) is 0.286. The van der Waals surface area contributed by atoms with Gasteiger partial charge in [-0.15, -0.1) is 24.0 Å². The van der Waals surface area contributed by atoms with Crippen LogP contribution in [0.2, 0.25) is 10.0 Å². The second kappa shape index (κ2) is 11.3. The summed E-state index contributed by atoms with van der Waals surface area (Å²) in [4.78, 5) is 4.22. The van der Waals surface area contributed by atoms with Crippen LogP contribution in [-0.2, 0) is 11.2 Å². The molecule has 0 aliphatic carbocycles. The summed E-state index contributed by atoms with van der Waals surface area (Å²) in [5, 5.41) is 8.01. The Bertz CT molecular complexity index is 508. The zero-order valence-corrected chi connectivity index (χ0v) is 17.1. The van der Waals surface area contributed by atoms with Crippen LogP contribution in [0.4, 0.5) is 0 Å². The number of benzene rings is 1. The number of rotatable bonds is 6. The highest BCUT2D eigenvalue weighted by molar-refractivity contribution is 14.0. The zero-order valence-electron chi connectivity index (χ0n) is 13.3. The highest BCUT2D eigenvalue weighted by Gasteiger charge is 2.15. The van der Waals surface area contributed by atoms with Gasteiger partial charge in [0.1, 0.15) is 0 Å². The first-order chi connectivity index (χ1) is 10.7. The molecule has 1 heterocycles. The molecule has 1 saturated heterocycles. The molecule has 0 saturated carbocycles. The van der Waals surface area contributed by atoms with E-state index >= 15 is 0 Å². The molecule has 1 aliphatic heterocycles. The molecule has 0 spiro atoms. The molecule has 2 N–H and O–H groups in total. The normalized spacial score (nSPS) is 17.7. The summed E-state index contributed by atoms with van der Waals surface area (Å²) < 4.78 is 5.58. The fraction of sp³-hybridized carbons (Fsp3) is 0.562. The van der Waals surface area contributed by atoms with Crippen molar-refractivity contribution in [3.8, 4) is 0 Å². The van der Waals surface area contributed by atoms with Crippen LogP contribution in [0.25, 0.3) is 0 Å². The monoisotopic (exact) mass is 471 g/mol. The average molecular weight is 472 g/mol. The summed E-state index contributed by atoms with van der Waals surface area (Å²) >= 11 is 12.1. The van der Waals surface area contributed by atoms with E-state index in [4.69, 9.17) is 27.9 Å². The maximum Gasteiger partial charge on any atom is 0.191 e. The van der Waals surface area contributed by atoms with Crippen molar-refractivity contribution in [2.45, 2.75) is 31.8 Å². The van der Waals surface area contributed by atoms with Crippen LogP contribution in [0.15, 0.2) is 23.2 Å². The van der Waals surface area contributed by atoms with E-state index in [-0.39, 0.29) is 24.0 Å². The molecular formula is C16H24Cl2IN3O. The first-order valence-corrected chi connectivity index (χ1v) is 8.44. The molecule has 130 valence electrons. The van der Waals surface area contributed by atoms with Crippen LogP contribution in [0, 0.1) is 0 Å². The minimum absolute atomic E-state index is 0. The van der Waals surface area contributed by atoms with Gasteiger partial charge in [-0.2, -0.15) is 0 Å². The summed E-state index contributed by atoms with van der Waals surface area (Å²) in [6.07, 6.45) is 4.47. The Labute approximate surface area is 165 Å². The highest BCUT2D eigenvalue weighted by Crippen LogP contribution is 2.21. The van der Waals surface area contributed by atoms with Gasteiger partial charge < -0.3 is 15.4 Å². The molecule has 1 aromatic carbocycles. The number of guanidine groups is 1. The molecule has 1 aliphatic rings. The number of aliphatic imine (C=N–C) groups is 1. The predicted octanol–water partition coefficient (Wildman–Crippen LogP) is 3.89.